The van der Waals surface area contributed by atoms with Crippen molar-refractivity contribution in [2.24, 2.45) is 0 Å². The van der Waals surface area contributed by atoms with Gasteiger partial charge in [-0.25, -0.2) is 13.2 Å². The van der Waals surface area contributed by atoms with Gasteiger partial charge >= 0.3 is 0 Å². The molecule has 3 heterocycles. The number of aromatic nitrogens is 1. The third-order valence-electron chi connectivity index (χ3n) is 4.78. The summed E-state index contributed by atoms with van der Waals surface area (Å²) in [5, 5.41) is 0.0743. The van der Waals surface area contributed by atoms with Gasteiger partial charge in [-0.2, -0.15) is 0 Å². The van der Waals surface area contributed by atoms with E-state index in [1.807, 2.05) is 4.90 Å². The minimum atomic E-state index is -1.57. The molecule has 2 fully saturated rings. The summed E-state index contributed by atoms with van der Waals surface area (Å²) in [4.78, 5) is 17.0. The van der Waals surface area contributed by atoms with Crippen LogP contribution in [0.1, 0.15) is 23.2 Å². The van der Waals surface area contributed by atoms with E-state index in [0.717, 1.165) is 6.07 Å². The van der Waals surface area contributed by atoms with Crippen molar-refractivity contribution >= 4 is 22.9 Å². The zero-order chi connectivity index (χ0) is 17.6. The van der Waals surface area contributed by atoms with Crippen LogP contribution in [0.4, 0.5) is 18.9 Å². The van der Waals surface area contributed by atoms with Gasteiger partial charge in [0.05, 0.1) is 24.5 Å². The van der Waals surface area contributed by atoms with Crippen LogP contribution in [-0.4, -0.2) is 43.4 Å². The molecule has 0 atom stereocenters. The Kier molecular flexibility index (Phi) is 3.88. The zero-order valence-corrected chi connectivity index (χ0v) is 13.2. The number of pyridine rings is 1. The molecule has 0 unspecified atom stereocenters. The molecule has 2 aromatic rings. The molecule has 0 amide bonds. The summed E-state index contributed by atoms with van der Waals surface area (Å²) in [7, 11) is 0. The summed E-state index contributed by atoms with van der Waals surface area (Å²) in [6.07, 6.45) is 2.87. The summed E-state index contributed by atoms with van der Waals surface area (Å²) in [5.41, 5.74) is 0.251. The van der Waals surface area contributed by atoms with E-state index in [4.69, 9.17) is 9.47 Å². The predicted molar refractivity (Wildman–Crippen MR) is 83.1 cm³/mol. The number of halogens is 3. The van der Waals surface area contributed by atoms with Gasteiger partial charge in [0, 0.05) is 37.5 Å². The lowest BCUT2D eigenvalue weighted by atomic mass is 10.0. The van der Waals surface area contributed by atoms with Crippen molar-refractivity contribution in [1.29, 1.82) is 0 Å². The highest BCUT2D eigenvalue weighted by molar-refractivity contribution is 6.00. The van der Waals surface area contributed by atoms with Crippen LogP contribution < -0.4 is 4.90 Å². The Morgan fingerprint density at radius 3 is 2.44 bits per heavy atom. The van der Waals surface area contributed by atoms with Gasteiger partial charge in [0.2, 0.25) is 0 Å². The van der Waals surface area contributed by atoms with Crippen LogP contribution in [0.2, 0.25) is 0 Å². The normalized spacial score (nSPS) is 19.7. The van der Waals surface area contributed by atoms with Crippen molar-refractivity contribution in [2.75, 3.05) is 31.2 Å². The molecule has 4 rings (SSSR count). The summed E-state index contributed by atoms with van der Waals surface area (Å²) in [6.45, 7) is 2.02. The van der Waals surface area contributed by atoms with Gasteiger partial charge in [0.1, 0.15) is 5.52 Å². The largest absolute Gasteiger partial charge is 0.370 e. The molecule has 0 N–H and O–H groups in total. The summed E-state index contributed by atoms with van der Waals surface area (Å²) in [6, 6.07) is 0.885. The predicted octanol–water partition coefficient (Wildman–Crippen LogP) is 2.81. The molecular formula is C17H15F3N2O3. The first-order valence-corrected chi connectivity index (χ1v) is 7.99. The van der Waals surface area contributed by atoms with E-state index in [1.165, 1.54) is 6.20 Å². The number of aldehydes is 1. The highest BCUT2D eigenvalue weighted by Gasteiger charge is 2.40. The monoisotopic (exact) mass is 352 g/mol. The van der Waals surface area contributed by atoms with E-state index in [0.29, 0.717) is 51.1 Å². The SMILES string of the molecule is O=Cc1cnc2c(F)c(F)c(F)cc2c1N1CCC2(CC1)OCCO2. The number of fused-ring (bicyclic) bond motifs is 1. The maximum atomic E-state index is 14.1. The molecule has 0 aliphatic carbocycles. The maximum absolute atomic E-state index is 14.1. The summed E-state index contributed by atoms with van der Waals surface area (Å²) in [5.74, 6) is -4.87. The molecule has 25 heavy (non-hydrogen) atoms. The second-order valence-corrected chi connectivity index (χ2v) is 6.16. The lowest BCUT2D eigenvalue weighted by Gasteiger charge is -2.39. The quantitative estimate of drug-likeness (QED) is 0.615. The van der Waals surface area contributed by atoms with Crippen molar-refractivity contribution in [3.8, 4) is 0 Å². The summed E-state index contributed by atoms with van der Waals surface area (Å²) >= 11 is 0. The lowest BCUT2D eigenvalue weighted by Crippen LogP contribution is -2.45. The van der Waals surface area contributed by atoms with E-state index in [-0.39, 0.29) is 16.5 Å². The van der Waals surface area contributed by atoms with Crippen molar-refractivity contribution in [3.63, 3.8) is 0 Å². The summed E-state index contributed by atoms with van der Waals surface area (Å²) < 4.78 is 52.6. The lowest BCUT2D eigenvalue weighted by molar-refractivity contribution is -0.169. The van der Waals surface area contributed by atoms with Crippen LogP contribution in [-0.2, 0) is 9.47 Å². The van der Waals surface area contributed by atoms with E-state index in [2.05, 4.69) is 4.98 Å². The van der Waals surface area contributed by atoms with Gasteiger partial charge in [-0.05, 0) is 6.07 Å². The van der Waals surface area contributed by atoms with Gasteiger partial charge in [0.25, 0.3) is 0 Å². The molecule has 1 spiro atoms. The first kappa shape index (κ1) is 16.3. The van der Waals surface area contributed by atoms with Crippen molar-refractivity contribution in [3.05, 3.63) is 35.3 Å². The Morgan fingerprint density at radius 2 is 1.80 bits per heavy atom. The van der Waals surface area contributed by atoms with Crippen molar-refractivity contribution < 1.29 is 27.4 Å². The third-order valence-corrected chi connectivity index (χ3v) is 4.78. The van der Waals surface area contributed by atoms with Gasteiger partial charge in [-0.1, -0.05) is 0 Å². The molecule has 1 aromatic heterocycles. The highest BCUT2D eigenvalue weighted by atomic mass is 19.2. The molecule has 2 aliphatic rings. The number of hydrogen-bond acceptors (Lipinski definition) is 5. The number of piperidine rings is 1. The fraction of sp³-hybridized carbons (Fsp3) is 0.412. The average Bonchev–Trinajstić information content (AvgIpc) is 3.08. The number of hydrogen-bond donors (Lipinski definition) is 0. The smallest absolute Gasteiger partial charge is 0.196 e. The Bertz CT molecular complexity index is 843. The van der Waals surface area contributed by atoms with Gasteiger partial charge in [-0.3, -0.25) is 9.78 Å². The van der Waals surface area contributed by atoms with Crippen LogP contribution in [0.15, 0.2) is 12.3 Å². The minimum absolute atomic E-state index is 0.0743. The topological polar surface area (TPSA) is 51.7 Å². The second-order valence-electron chi connectivity index (χ2n) is 6.16. The van der Waals surface area contributed by atoms with Crippen molar-refractivity contribution in [2.45, 2.75) is 18.6 Å². The number of nitrogens with zero attached hydrogens (tertiary/aromatic N) is 2. The maximum Gasteiger partial charge on any atom is 0.196 e. The van der Waals surface area contributed by atoms with Crippen LogP contribution in [0.25, 0.3) is 10.9 Å². The number of rotatable bonds is 2. The number of ether oxygens (including phenoxy) is 2. The molecular weight excluding hydrogens is 337 g/mol. The number of anilines is 1. The molecule has 2 saturated heterocycles. The van der Waals surface area contributed by atoms with Crippen molar-refractivity contribution in [1.82, 2.24) is 4.98 Å². The van der Waals surface area contributed by atoms with E-state index in [9.17, 15) is 18.0 Å². The van der Waals surface area contributed by atoms with Crippen LogP contribution >= 0.6 is 0 Å². The fourth-order valence-corrected chi connectivity index (χ4v) is 3.54. The molecule has 5 nitrogen and oxygen atoms in total. The third kappa shape index (κ3) is 2.56. The molecule has 2 aliphatic heterocycles. The average molecular weight is 352 g/mol. The molecule has 0 saturated carbocycles. The number of carbonyl (C=O) groups is 1. The van der Waals surface area contributed by atoms with Crippen LogP contribution in [0, 0.1) is 17.5 Å². The first-order chi connectivity index (χ1) is 12.0. The van der Waals surface area contributed by atoms with Gasteiger partial charge in [-0.15, -0.1) is 0 Å². The molecule has 0 radical (unpaired) electrons. The molecule has 132 valence electrons. The van der Waals surface area contributed by atoms with E-state index >= 15 is 0 Å². The van der Waals surface area contributed by atoms with Gasteiger partial charge < -0.3 is 14.4 Å². The number of carbonyl (C=O) groups excluding carboxylic acids is 1. The van der Waals surface area contributed by atoms with E-state index < -0.39 is 23.2 Å². The Balaban J connectivity index is 1.79. The molecule has 1 aromatic carbocycles. The number of benzene rings is 1. The standard InChI is InChI=1S/C17H15F3N2O3/c18-12-7-11-15(14(20)13(12)19)21-8-10(9-23)16(11)22-3-1-17(2-4-22)24-5-6-25-17/h7-9H,1-6H2. The Hall–Kier alpha value is -2.19. The fourth-order valence-electron chi connectivity index (χ4n) is 3.54. The Morgan fingerprint density at radius 1 is 1.12 bits per heavy atom. The Labute approximate surface area is 141 Å². The van der Waals surface area contributed by atoms with Crippen LogP contribution in [0.5, 0.6) is 0 Å². The minimum Gasteiger partial charge on any atom is -0.370 e. The van der Waals surface area contributed by atoms with Crippen LogP contribution in [0.3, 0.4) is 0 Å². The molecule has 0 bridgehead atoms. The highest BCUT2D eigenvalue weighted by Crippen LogP contribution is 2.37. The van der Waals surface area contributed by atoms with Gasteiger partial charge in [0.15, 0.2) is 29.5 Å². The second kappa shape index (κ2) is 5.96. The van der Waals surface area contributed by atoms with E-state index in [1.54, 1.807) is 0 Å². The first-order valence-electron chi connectivity index (χ1n) is 7.99. The molecule has 8 heteroatoms. The zero-order valence-electron chi connectivity index (χ0n) is 13.2.